The third-order valence-electron chi connectivity index (χ3n) is 5.87. The minimum Gasteiger partial charge on any atom is -0.496 e. The lowest BCUT2D eigenvalue weighted by Crippen LogP contribution is -2.13. The monoisotopic (exact) mass is 388 g/mol. The van der Waals surface area contributed by atoms with E-state index in [1.165, 1.54) is 42.5 Å². The van der Waals surface area contributed by atoms with Crippen LogP contribution in [-0.2, 0) is 0 Å². The highest BCUT2D eigenvalue weighted by Crippen LogP contribution is 2.48. The van der Waals surface area contributed by atoms with Crippen LogP contribution in [0.15, 0.2) is 12.1 Å². The molecule has 2 N–H and O–H groups in total. The maximum atomic E-state index is 6.17. The van der Waals surface area contributed by atoms with E-state index >= 15 is 0 Å². The summed E-state index contributed by atoms with van der Waals surface area (Å²) in [6.07, 6.45) is 6.60. The van der Waals surface area contributed by atoms with Gasteiger partial charge in [0.05, 0.1) is 25.5 Å². The molecule has 0 radical (unpaired) electrons. The largest absolute Gasteiger partial charge is 0.496 e. The highest BCUT2D eigenvalue weighted by Gasteiger charge is 2.29. The van der Waals surface area contributed by atoms with E-state index in [0.717, 1.165) is 22.8 Å². The van der Waals surface area contributed by atoms with Crippen LogP contribution in [0.5, 0.6) is 11.5 Å². The molecule has 3 rings (SSSR count). The number of anilines is 1. The van der Waals surface area contributed by atoms with Gasteiger partial charge in [-0.2, -0.15) is 0 Å². The summed E-state index contributed by atoms with van der Waals surface area (Å²) in [6, 6.07) is 4.21. The van der Waals surface area contributed by atoms with Gasteiger partial charge in [0.2, 0.25) is 0 Å². The molecule has 1 fully saturated rings. The average molecular weight is 389 g/mol. The summed E-state index contributed by atoms with van der Waals surface area (Å²) < 4.78 is 11.5. The van der Waals surface area contributed by atoms with Crippen molar-refractivity contribution in [3.05, 3.63) is 22.6 Å². The first-order valence-electron chi connectivity index (χ1n) is 9.98. The van der Waals surface area contributed by atoms with E-state index in [9.17, 15) is 0 Å². The Morgan fingerprint density at radius 1 is 1.04 bits per heavy atom. The Hall–Kier alpha value is -1.75. The number of methoxy groups -OCH3 is 2. The van der Waals surface area contributed by atoms with E-state index in [4.69, 9.17) is 20.2 Å². The topological polar surface area (TPSA) is 57.4 Å². The molecule has 1 aliphatic rings. The third kappa shape index (κ3) is 4.08. The molecule has 1 atom stereocenters. The number of rotatable bonds is 6. The van der Waals surface area contributed by atoms with Crippen LogP contribution in [0, 0.1) is 5.92 Å². The molecule has 0 saturated heterocycles. The van der Waals surface area contributed by atoms with Crippen molar-refractivity contribution in [1.29, 1.82) is 0 Å². The van der Waals surface area contributed by atoms with Gasteiger partial charge in [0.1, 0.15) is 11.5 Å². The first-order valence-corrected chi connectivity index (χ1v) is 10.8. The van der Waals surface area contributed by atoms with Crippen molar-refractivity contribution in [1.82, 2.24) is 4.98 Å². The number of nitrogens with zero attached hydrogens (tertiary/aromatic N) is 1. The van der Waals surface area contributed by atoms with Crippen molar-refractivity contribution in [3.8, 4) is 22.8 Å². The van der Waals surface area contributed by atoms with Crippen molar-refractivity contribution < 1.29 is 9.47 Å². The zero-order valence-electron chi connectivity index (χ0n) is 17.2. The maximum Gasteiger partial charge on any atom is 0.180 e. The van der Waals surface area contributed by atoms with E-state index in [-0.39, 0.29) is 0 Å². The number of ether oxygens (including phenoxy) is 2. The number of thiazole rings is 1. The van der Waals surface area contributed by atoms with Crippen LogP contribution in [0.25, 0.3) is 11.3 Å². The van der Waals surface area contributed by atoms with Crippen LogP contribution < -0.4 is 15.2 Å². The molecule has 0 amide bonds. The van der Waals surface area contributed by atoms with Crippen molar-refractivity contribution in [2.75, 3.05) is 20.0 Å². The standard InChI is InChI=1S/C22H32N2O2S/c1-13(2)16-11-17(25-4)19(18(12-16)26-5)20-21(27-22(23)24-20)14(3)15-9-7-6-8-10-15/h11-15H,6-10H2,1-5H3,(H2,23,24). The SMILES string of the molecule is COc1cc(C(C)C)cc(OC)c1-c1nc(N)sc1C(C)C1CCCCC1. The van der Waals surface area contributed by atoms with Crippen molar-refractivity contribution in [2.45, 2.75) is 64.7 Å². The molecule has 0 spiro atoms. The van der Waals surface area contributed by atoms with Crippen molar-refractivity contribution in [2.24, 2.45) is 5.92 Å². The van der Waals surface area contributed by atoms with Gasteiger partial charge < -0.3 is 15.2 Å². The minimum absolute atomic E-state index is 0.392. The number of benzene rings is 1. The molecule has 0 aliphatic heterocycles. The van der Waals surface area contributed by atoms with Crippen LogP contribution in [-0.4, -0.2) is 19.2 Å². The fraction of sp³-hybridized carbons (Fsp3) is 0.591. The van der Waals surface area contributed by atoms with Gasteiger partial charge in [-0.25, -0.2) is 4.98 Å². The normalized spacial score (nSPS) is 16.5. The van der Waals surface area contributed by atoms with Gasteiger partial charge >= 0.3 is 0 Å². The van der Waals surface area contributed by atoms with Crippen LogP contribution >= 0.6 is 11.3 Å². The second kappa shape index (κ2) is 8.51. The lowest BCUT2D eigenvalue weighted by molar-refractivity contribution is 0.318. The molecule has 1 aromatic heterocycles. The highest BCUT2D eigenvalue weighted by molar-refractivity contribution is 7.15. The molecular formula is C22H32N2O2S. The third-order valence-corrected chi connectivity index (χ3v) is 6.96. The summed E-state index contributed by atoms with van der Waals surface area (Å²) in [6.45, 7) is 6.67. The van der Waals surface area contributed by atoms with Gasteiger partial charge in [0, 0.05) is 4.88 Å². The van der Waals surface area contributed by atoms with Gasteiger partial charge in [0.25, 0.3) is 0 Å². The molecule has 27 heavy (non-hydrogen) atoms. The van der Waals surface area contributed by atoms with E-state index in [0.29, 0.717) is 22.9 Å². The summed E-state index contributed by atoms with van der Waals surface area (Å²) in [5.74, 6) is 3.14. The first-order chi connectivity index (χ1) is 13.0. The number of hydrogen-bond donors (Lipinski definition) is 1. The molecule has 1 unspecified atom stereocenters. The zero-order chi connectivity index (χ0) is 19.6. The minimum atomic E-state index is 0.392. The number of hydrogen-bond acceptors (Lipinski definition) is 5. The quantitative estimate of drug-likeness (QED) is 0.638. The second-order valence-corrected chi connectivity index (χ2v) is 8.97. The van der Waals surface area contributed by atoms with E-state index in [2.05, 4.69) is 32.9 Å². The molecule has 4 nitrogen and oxygen atoms in total. The van der Waals surface area contributed by atoms with Gasteiger partial charge in [-0.05, 0) is 48.3 Å². The predicted octanol–water partition coefficient (Wildman–Crippen LogP) is 6.22. The molecule has 148 valence electrons. The molecule has 1 saturated carbocycles. The van der Waals surface area contributed by atoms with Gasteiger partial charge in [-0.1, -0.05) is 40.0 Å². The summed E-state index contributed by atoms with van der Waals surface area (Å²) in [7, 11) is 3.42. The second-order valence-electron chi connectivity index (χ2n) is 7.91. The molecule has 1 aromatic carbocycles. The van der Waals surface area contributed by atoms with E-state index < -0.39 is 0 Å². The van der Waals surface area contributed by atoms with Gasteiger partial charge in [-0.15, -0.1) is 11.3 Å². The summed E-state index contributed by atoms with van der Waals surface area (Å²) >= 11 is 1.62. The summed E-state index contributed by atoms with van der Waals surface area (Å²) in [4.78, 5) is 5.98. The average Bonchev–Trinajstić information content (AvgIpc) is 3.07. The molecule has 0 bridgehead atoms. The molecule has 1 heterocycles. The Bertz CT molecular complexity index is 754. The lowest BCUT2D eigenvalue weighted by Gasteiger charge is -2.27. The summed E-state index contributed by atoms with van der Waals surface area (Å²) in [5.41, 5.74) is 9.22. The zero-order valence-corrected chi connectivity index (χ0v) is 18.0. The Balaban J connectivity index is 2.11. The summed E-state index contributed by atoms with van der Waals surface area (Å²) in [5, 5.41) is 0.611. The Kier molecular flexibility index (Phi) is 6.30. The number of nitrogens with two attached hydrogens (primary N) is 1. The van der Waals surface area contributed by atoms with Crippen molar-refractivity contribution in [3.63, 3.8) is 0 Å². The Morgan fingerprint density at radius 2 is 1.63 bits per heavy atom. The Labute approximate surface area is 167 Å². The maximum absolute atomic E-state index is 6.17. The predicted molar refractivity (Wildman–Crippen MR) is 114 cm³/mol. The van der Waals surface area contributed by atoms with Crippen LogP contribution in [0.3, 0.4) is 0 Å². The van der Waals surface area contributed by atoms with Crippen molar-refractivity contribution >= 4 is 16.5 Å². The molecular weight excluding hydrogens is 356 g/mol. The fourth-order valence-electron chi connectivity index (χ4n) is 4.18. The number of nitrogen functional groups attached to an aromatic ring is 1. The van der Waals surface area contributed by atoms with Gasteiger partial charge in [0.15, 0.2) is 5.13 Å². The van der Waals surface area contributed by atoms with E-state index in [1.807, 2.05) is 0 Å². The molecule has 2 aromatic rings. The van der Waals surface area contributed by atoms with Crippen LogP contribution in [0.2, 0.25) is 0 Å². The van der Waals surface area contributed by atoms with E-state index in [1.54, 1.807) is 25.6 Å². The fourth-order valence-corrected chi connectivity index (χ4v) is 5.17. The Morgan fingerprint density at radius 3 is 2.15 bits per heavy atom. The smallest absolute Gasteiger partial charge is 0.180 e. The number of aromatic nitrogens is 1. The first kappa shape index (κ1) is 20.0. The van der Waals surface area contributed by atoms with Crippen LogP contribution in [0.4, 0.5) is 5.13 Å². The molecule has 5 heteroatoms. The molecule has 1 aliphatic carbocycles. The highest BCUT2D eigenvalue weighted by atomic mass is 32.1. The van der Waals surface area contributed by atoms with Gasteiger partial charge in [-0.3, -0.25) is 0 Å². The lowest BCUT2D eigenvalue weighted by atomic mass is 9.79. The van der Waals surface area contributed by atoms with Crippen LogP contribution in [0.1, 0.15) is 75.2 Å².